The molecular weight excluding hydrogens is 282 g/mol. The van der Waals surface area contributed by atoms with Crippen LogP contribution in [0.2, 0.25) is 0 Å². The van der Waals surface area contributed by atoms with Crippen molar-refractivity contribution in [3.05, 3.63) is 0 Å². The number of carboxylic acids is 1. The summed E-state index contributed by atoms with van der Waals surface area (Å²) < 4.78 is 5.50. The molecule has 0 aromatic heterocycles. The highest BCUT2D eigenvalue weighted by atomic mass is 16.6. The third-order valence-electron chi connectivity index (χ3n) is 4.16. The number of aliphatic carboxylic acids is 1. The molecule has 0 radical (unpaired) electrons. The van der Waals surface area contributed by atoms with Crippen molar-refractivity contribution in [1.29, 1.82) is 0 Å². The first-order valence-electron chi connectivity index (χ1n) is 8.06. The maximum Gasteiger partial charge on any atom is 0.410 e. The van der Waals surface area contributed by atoms with Gasteiger partial charge in [-0.25, -0.2) is 4.79 Å². The summed E-state index contributed by atoms with van der Waals surface area (Å²) in [5.41, 5.74) is -0.604. The Balaban J connectivity index is 3.07. The zero-order chi connectivity index (χ0) is 17.3. The van der Waals surface area contributed by atoms with Crippen LogP contribution in [0.1, 0.15) is 61.3 Å². The molecule has 1 rings (SSSR count). The molecule has 22 heavy (non-hydrogen) atoms. The van der Waals surface area contributed by atoms with Crippen LogP contribution >= 0.6 is 0 Å². The van der Waals surface area contributed by atoms with Gasteiger partial charge in [-0.3, -0.25) is 4.79 Å². The molecule has 0 aliphatic carbocycles. The minimum Gasteiger partial charge on any atom is -0.481 e. The summed E-state index contributed by atoms with van der Waals surface area (Å²) >= 11 is 0. The molecule has 1 heterocycles. The van der Waals surface area contributed by atoms with E-state index in [0.29, 0.717) is 13.0 Å². The fourth-order valence-corrected chi connectivity index (χ4v) is 3.14. The number of piperidine rings is 1. The lowest BCUT2D eigenvalue weighted by molar-refractivity contribution is -0.147. The van der Waals surface area contributed by atoms with Gasteiger partial charge in [-0.1, -0.05) is 27.7 Å². The molecule has 1 N–H and O–H groups in total. The molecular formula is C17H31NO4. The van der Waals surface area contributed by atoms with Gasteiger partial charge in [-0.2, -0.15) is 0 Å². The number of amides is 1. The number of hydrogen-bond acceptors (Lipinski definition) is 3. The monoisotopic (exact) mass is 313 g/mol. The van der Waals surface area contributed by atoms with E-state index >= 15 is 0 Å². The normalized spacial score (nSPS) is 23.3. The Labute approximate surface area is 134 Å². The van der Waals surface area contributed by atoms with E-state index in [9.17, 15) is 14.7 Å². The Hall–Kier alpha value is -1.26. The highest BCUT2D eigenvalue weighted by Crippen LogP contribution is 2.37. The Morgan fingerprint density at radius 2 is 1.82 bits per heavy atom. The van der Waals surface area contributed by atoms with Gasteiger partial charge in [0.1, 0.15) is 5.60 Å². The van der Waals surface area contributed by atoms with E-state index < -0.39 is 23.6 Å². The van der Waals surface area contributed by atoms with Crippen LogP contribution in [0, 0.1) is 17.3 Å². The molecule has 5 nitrogen and oxygen atoms in total. The molecule has 5 heteroatoms. The molecule has 1 aliphatic rings. The Kier molecular flexibility index (Phi) is 5.52. The van der Waals surface area contributed by atoms with Gasteiger partial charge in [-0.15, -0.1) is 0 Å². The zero-order valence-corrected chi connectivity index (χ0v) is 15.0. The van der Waals surface area contributed by atoms with Crippen molar-refractivity contribution in [2.45, 2.75) is 73.0 Å². The van der Waals surface area contributed by atoms with Crippen molar-refractivity contribution in [3.63, 3.8) is 0 Å². The molecule has 2 atom stereocenters. The van der Waals surface area contributed by atoms with E-state index in [1.807, 2.05) is 34.6 Å². The summed E-state index contributed by atoms with van der Waals surface area (Å²) in [6.07, 6.45) is 1.20. The SMILES string of the molecule is CC(C)C(C(=O)O)C1CCC(C)(C)CN1C(=O)OC(C)(C)C. The van der Waals surface area contributed by atoms with Crippen molar-refractivity contribution in [1.82, 2.24) is 4.90 Å². The average molecular weight is 313 g/mol. The number of rotatable bonds is 3. The predicted molar refractivity (Wildman–Crippen MR) is 85.7 cm³/mol. The molecule has 0 aromatic carbocycles. The number of carbonyl (C=O) groups excluding carboxylic acids is 1. The number of ether oxygens (including phenoxy) is 1. The highest BCUT2D eigenvalue weighted by Gasteiger charge is 2.44. The molecule has 2 unspecified atom stereocenters. The van der Waals surface area contributed by atoms with Gasteiger partial charge in [0.05, 0.1) is 5.92 Å². The second-order valence-electron chi connectivity index (χ2n) is 8.49. The summed E-state index contributed by atoms with van der Waals surface area (Å²) in [6, 6.07) is -0.305. The molecule has 1 aliphatic heterocycles. The molecule has 1 saturated heterocycles. The molecule has 0 bridgehead atoms. The quantitative estimate of drug-likeness (QED) is 0.861. The van der Waals surface area contributed by atoms with Crippen molar-refractivity contribution in [2.75, 3.05) is 6.54 Å². The van der Waals surface area contributed by atoms with E-state index in [1.54, 1.807) is 4.90 Å². The predicted octanol–water partition coefficient (Wildman–Crippen LogP) is 3.77. The van der Waals surface area contributed by atoms with Gasteiger partial charge in [0.25, 0.3) is 0 Å². The van der Waals surface area contributed by atoms with Crippen LogP contribution in [0.5, 0.6) is 0 Å². The number of hydrogen-bond donors (Lipinski definition) is 1. The number of likely N-dealkylation sites (tertiary alicyclic amines) is 1. The Morgan fingerprint density at radius 1 is 1.27 bits per heavy atom. The highest BCUT2D eigenvalue weighted by molar-refractivity contribution is 5.74. The Bertz CT molecular complexity index is 423. The summed E-state index contributed by atoms with van der Waals surface area (Å²) in [4.78, 5) is 25.9. The minimum absolute atomic E-state index is 0.0204. The van der Waals surface area contributed by atoms with Gasteiger partial charge >= 0.3 is 12.1 Å². The molecule has 1 fully saturated rings. The van der Waals surface area contributed by atoms with Crippen LogP contribution < -0.4 is 0 Å². The number of nitrogens with zero attached hydrogens (tertiary/aromatic N) is 1. The lowest BCUT2D eigenvalue weighted by Crippen LogP contribution is -2.56. The number of carboxylic acid groups (broad SMARTS) is 1. The average Bonchev–Trinajstić information content (AvgIpc) is 2.27. The molecule has 0 aromatic rings. The van der Waals surface area contributed by atoms with E-state index in [1.165, 1.54) is 0 Å². The second-order valence-corrected chi connectivity index (χ2v) is 8.49. The van der Waals surface area contributed by atoms with Gasteiger partial charge in [0.2, 0.25) is 0 Å². The van der Waals surface area contributed by atoms with Crippen LogP contribution in [0.4, 0.5) is 4.79 Å². The first-order chi connectivity index (χ1) is 9.84. The number of carbonyl (C=O) groups is 2. The van der Waals surface area contributed by atoms with E-state index in [0.717, 1.165) is 6.42 Å². The fraction of sp³-hybridized carbons (Fsp3) is 0.882. The summed E-state index contributed by atoms with van der Waals surface area (Å²) in [5.74, 6) is -1.44. The van der Waals surface area contributed by atoms with E-state index in [4.69, 9.17) is 4.74 Å². The van der Waals surface area contributed by atoms with E-state index in [2.05, 4.69) is 13.8 Å². The topological polar surface area (TPSA) is 66.8 Å². The standard InChI is InChI=1S/C17H31NO4/c1-11(2)13(14(19)20)12-8-9-17(6,7)10-18(12)15(21)22-16(3,4)5/h11-13H,8-10H2,1-7H3,(H,19,20). The molecule has 0 spiro atoms. The van der Waals surface area contributed by atoms with E-state index in [-0.39, 0.29) is 17.4 Å². The van der Waals surface area contributed by atoms with Crippen molar-refractivity contribution >= 4 is 12.1 Å². The fourth-order valence-electron chi connectivity index (χ4n) is 3.14. The lowest BCUT2D eigenvalue weighted by atomic mass is 9.75. The van der Waals surface area contributed by atoms with Crippen molar-refractivity contribution in [2.24, 2.45) is 17.3 Å². The van der Waals surface area contributed by atoms with Gasteiger partial charge in [0.15, 0.2) is 0 Å². The van der Waals surface area contributed by atoms with Crippen LogP contribution in [0.25, 0.3) is 0 Å². The van der Waals surface area contributed by atoms with Crippen LogP contribution in [-0.4, -0.2) is 40.3 Å². The lowest BCUT2D eigenvalue weighted by Gasteiger charge is -2.46. The van der Waals surface area contributed by atoms with Crippen LogP contribution in [0.15, 0.2) is 0 Å². The van der Waals surface area contributed by atoms with Gasteiger partial charge in [-0.05, 0) is 44.9 Å². The minimum atomic E-state index is -0.840. The van der Waals surface area contributed by atoms with Crippen molar-refractivity contribution < 1.29 is 19.4 Å². The summed E-state index contributed by atoms with van der Waals surface area (Å²) in [6.45, 7) is 14.0. The van der Waals surface area contributed by atoms with Gasteiger partial charge in [0, 0.05) is 12.6 Å². The Morgan fingerprint density at radius 3 is 2.23 bits per heavy atom. The third kappa shape index (κ3) is 4.89. The smallest absolute Gasteiger partial charge is 0.410 e. The summed E-state index contributed by atoms with van der Waals surface area (Å²) in [5, 5.41) is 9.58. The molecule has 1 amide bonds. The largest absolute Gasteiger partial charge is 0.481 e. The molecule has 0 saturated carbocycles. The maximum atomic E-state index is 12.6. The second kappa shape index (κ2) is 6.47. The maximum absolute atomic E-state index is 12.6. The first-order valence-corrected chi connectivity index (χ1v) is 8.06. The third-order valence-corrected chi connectivity index (χ3v) is 4.16. The van der Waals surface area contributed by atoms with Crippen LogP contribution in [-0.2, 0) is 9.53 Å². The van der Waals surface area contributed by atoms with Gasteiger partial charge < -0.3 is 14.7 Å². The molecule has 128 valence electrons. The first kappa shape index (κ1) is 18.8. The summed E-state index contributed by atoms with van der Waals surface area (Å²) in [7, 11) is 0. The van der Waals surface area contributed by atoms with Crippen molar-refractivity contribution in [3.8, 4) is 0 Å². The van der Waals surface area contributed by atoms with Crippen LogP contribution in [0.3, 0.4) is 0 Å². The zero-order valence-electron chi connectivity index (χ0n) is 15.0.